The molecule has 0 spiro atoms. The first-order valence-corrected chi connectivity index (χ1v) is 8.84. The summed E-state index contributed by atoms with van der Waals surface area (Å²) in [5.41, 5.74) is 0. The maximum absolute atomic E-state index is 11.3. The SMILES string of the molecule is CCCCCCCCCCOCCOC(=O)CC(=O)C(C)C. The van der Waals surface area contributed by atoms with Gasteiger partial charge in [0.2, 0.25) is 0 Å². The normalized spacial score (nSPS) is 10.9. The molecule has 130 valence electrons. The van der Waals surface area contributed by atoms with E-state index in [0.717, 1.165) is 13.0 Å². The summed E-state index contributed by atoms with van der Waals surface area (Å²) in [5, 5.41) is 0. The maximum atomic E-state index is 11.3. The average molecular weight is 314 g/mol. The molecule has 0 aromatic rings. The molecule has 0 aromatic carbocycles. The van der Waals surface area contributed by atoms with Gasteiger partial charge in [0.15, 0.2) is 0 Å². The largest absolute Gasteiger partial charge is 0.463 e. The number of hydrogen-bond acceptors (Lipinski definition) is 4. The van der Waals surface area contributed by atoms with Crippen molar-refractivity contribution in [3.63, 3.8) is 0 Å². The quantitative estimate of drug-likeness (QED) is 0.257. The highest BCUT2D eigenvalue weighted by Gasteiger charge is 2.13. The van der Waals surface area contributed by atoms with E-state index >= 15 is 0 Å². The summed E-state index contributed by atoms with van der Waals surface area (Å²) in [4.78, 5) is 22.7. The number of rotatable bonds is 15. The van der Waals surface area contributed by atoms with Crippen LogP contribution < -0.4 is 0 Å². The van der Waals surface area contributed by atoms with E-state index in [4.69, 9.17) is 9.47 Å². The first kappa shape index (κ1) is 21.1. The highest BCUT2D eigenvalue weighted by Crippen LogP contribution is 2.08. The molecule has 0 aliphatic rings. The number of Topliss-reactive ketones (excluding diaryl/α,β-unsaturated/α-hetero) is 1. The molecule has 0 saturated carbocycles. The van der Waals surface area contributed by atoms with Crippen LogP contribution >= 0.6 is 0 Å². The van der Waals surface area contributed by atoms with Gasteiger partial charge < -0.3 is 9.47 Å². The van der Waals surface area contributed by atoms with E-state index in [0.29, 0.717) is 6.61 Å². The molecule has 0 aliphatic heterocycles. The zero-order chi connectivity index (χ0) is 16.6. The minimum atomic E-state index is -0.450. The Morgan fingerprint density at radius 2 is 1.41 bits per heavy atom. The molecule has 0 atom stereocenters. The van der Waals surface area contributed by atoms with Crippen molar-refractivity contribution in [1.29, 1.82) is 0 Å². The molecule has 0 bridgehead atoms. The lowest BCUT2D eigenvalue weighted by molar-refractivity contribution is -0.148. The first-order valence-electron chi connectivity index (χ1n) is 8.84. The molecule has 0 saturated heterocycles. The third-order valence-corrected chi connectivity index (χ3v) is 3.60. The van der Waals surface area contributed by atoms with Crippen LogP contribution in [0.15, 0.2) is 0 Å². The molecule has 4 heteroatoms. The Morgan fingerprint density at radius 3 is 2.00 bits per heavy atom. The van der Waals surface area contributed by atoms with Gasteiger partial charge in [-0.2, -0.15) is 0 Å². The highest BCUT2D eigenvalue weighted by atomic mass is 16.6. The molecule has 0 radical (unpaired) electrons. The van der Waals surface area contributed by atoms with Gasteiger partial charge in [0.1, 0.15) is 18.8 Å². The Balaban J connectivity index is 3.23. The summed E-state index contributed by atoms with van der Waals surface area (Å²) in [5.74, 6) is -0.648. The molecule has 0 N–H and O–H groups in total. The summed E-state index contributed by atoms with van der Waals surface area (Å²) >= 11 is 0. The lowest BCUT2D eigenvalue weighted by atomic mass is 10.1. The number of ketones is 1. The summed E-state index contributed by atoms with van der Waals surface area (Å²) in [6, 6.07) is 0. The second-order valence-corrected chi connectivity index (χ2v) is 6.11. The summed E-state index contributed by atoms with van der Waals surface area (Å²) in [7, 11) is 0. The van der Waals surface area contributed by atoms with Gasteiger partial charge >= 0.3 is 5.97 Å². The van der Waals surface area contributed by atoms with Gasteiger partial charge in [-0.25, -0.2) is 0 Å². The van der Waals surface area contributed by atoms with E-state index in [1.807, 2.05) is 0 Å². The number of unbranched alkanes of at least 4 members (excludes halogenated alkanes) is 7. The molecular formula is C18H34O4. The van der Waals surface area contributed by atoms with Crippen molar-refractivity contribution in [3.05, 3.63) is 0 Å². The minimum Gasteiger partial charge on any atom is -0.463 e. The molecule has 22 heavy (non-hydrogen) atoms. The Bertz CT molecular complexity index is 287. The van der Waals surface area contributed by atoms with Crippen LogP contribution in [0, 0.1) is 5.92 Å². The number of carbonyl (C=O) groups excluding carboxylic acids is 2. The zero-order valence-electron chi connectivity index (χ0n) is 14.7. The van der Waals surface area contributed by atoms with Crippen molar-refractivity contribution in [2.75, 3.05) is 19.8 Å². The minimum absolute atomic E-state index is 0.0788. The molecule has 0 amide bonds. The fourth-order valence-corrected chi connectivity index (χ4v) is 2.05. The van der Waals surface area contributed by atoms with Gasteiger partial charge in [0, 0.05) is 12.5 Å². The van der Waals surface area contributed by atoms with Gasteiger partial charge in [-0.15, -0.1) is 0 Å². The molecular weight excluding hydrogens is 280 g/mol. The maximum Gasteiger partial charge on any atom is 0.313 e. The fourth-order valence-electron chi connectivity index (χ4n) is 2.05. The van der Waals surface area contributed by atoms with Crippen LogP contribution in [0.25, 0.3) is 0 Å². The molecule has 0 rings (SSSR count). The Morgan fingerprint density at radius 1 is 0.818 bits per heavy atom. The lowest BCUT2D eigenvalue weighted by Crippen LogP contribution is -2.17. The second kappa shape index (κ2) is 15.0. The van der Waals surface area contributed by atoms with Gasteiger partial charge in [-0.1, -0.05) is 65.7 Å². The van der Waals surface area contributed by atoms with E-state index in [9.17, 15) is 9.59 Å². The van der Waals surface area contributed by atoms with Gasteiger partial charge in [-0.3, -0.25) is 9.59 Å². The van der Waals surface area contributed by atoms with E-state index in [2.05, 4.69) is 6.92 Å². The number of esters is 1. The molecule has 0 aliphatic carbocycles. The lowest BCUT2D eigenvalue weighted by Gasteiger charge is -2.07. The Hall–Kier alpha value is -0.900. The topological polar surface area (TPSA) is 52.6 Å². The van der Waals surface area contributed by atoms with Crippen molar-refractivity contribution in [3.8, 4) is 0 Å². The number of carbonyl (C=O) groups is 2. The molecule has 4 nitrogen and oxygen atoms in total. The van der Waals surface area contributed by atoms with Crippen LogP contribution in [0.1, 0.15) is 78.6 Å². The van der Waals surface area contributed by atoms with E-state index in [1.54, 1.807) is 13.8 Å². The van der Waals surface area contributed by atoms with Crippen LogP contribution in [0.3, 0.4) is 0 Å². The summed E-state index contributed by atoms with van der Waals surface area (Å²) in [6.07, 6.45) is 10.1. The van der Waals surface area contributed by atoms with Crippen LogP contribution in [0.5, 0.6) is 0 Å². The number of hydrogen-bond donors (Lipinski definition) is 0. The summed E-state index contributed by atoms with van der Waals surface area (Å²) in [6.45, 7) is 7.17. The van der Waals surface area contributed by atoms with Crippen molar-refractivity contribution < 1.29 is 19.1 Å². The van der Waals surface area contributed by atoms with Crippen LogP contribution in [0.2, 0.25) is 0 Å². The van der Waals surface area contributed by atoms with Crippen molar-refractivity contribution in [2.45, 2.75) is 78.6 Å². The summed E-state index contributed by atoms with van der Waals surface area (Å²) < 4.78 is 10.4. The van der Waals surface area contributed by atoms with Crippen molar-refractivity contribution >= 4 is 11.8 Å². The Kier molecular flexibility index (Phi) is 14.4. The third kappa shape index (κ3) is 14.1. The van der Waals surface area contributed by atoms with E-state index < -0.39 is 5.97 Å². The average Bonchev–Trinajstić information content (AvgIpc) is 2.48. The molecule has 0 aromatic heterocycles. The van der Waals surface area contributed by atoms with Crippen molar-refractivity contribution in [1.82, 2.24) is 0 Å². The smallest absolute Gasteiger partial charge is 0.313 e. The van der Waals surface area contributed by atoms with E-state index in [-0.39, 0.29) is 24.7 Å². The number of ether oxygens (including phenoxy) is 2. The highest BCUT2D eigenvalue weighted by molar-refractivity contribution is 5.96. The van der Waals surface area contributed by atoms with Crippen LogP contribution in [0.4, 0.5) is 0 Å². The van der Waals surface area contributed by atoms with Crippen LogP contribution in [-0.4, -0.2) is 31.6 Å². The second-order valence-electron chi connectivity index (χ2n) is 6.11. The third-order valence-electron chi connectivity index (χ3n) is 3.60. The molecule has 0 heterocycles. The standard InChI is InChI=1S/C18H34O4/c1-4-5-6-7-8-9-10-11-12-21-13-14-22-18(20)15-17(19)16(2)3/h16H,4-15H2,1-3H3. The van der Waals surface area contributed by atoms with Gasteiger partial charge in [0.25, 0.3) is 0 Å². The predicted molar refractivity (Wildman–Crippen MR) is 88.9 cm³/mol. The van der Waals surface area contributed by atoms with Crippen LogP contribution in [-0.2, 0) is 19.1 Å². The Labute approximate surface area is 135 Å². The zero-order valence-corrected chi connectivity index (χ0v) is 14.7. The molecule has 0 unspecified atom stereocenters. The first-order chi connectivity index (χ1) is 10.6. The van der Waals surface area contributed by atoms with E-state index in [1.165, 1.54) is 44.9 Å². The fraction of sp³-hybridized carbons (Fsp3) is 0.889. The van der Waals surface area contributed by atoms with Crippen molar-refractivity contribution in [2.24, 2.45) is 5.92 Å². The van der Waals surface area contributed by atoms with Gasteiger partial charge in [0.05, 0.1) is 6.61 Å². The monoisotopic (exact) mass is 314 g/mol. The molecule has 0 fully saturated rings. The van der Waals surface area contributed by atoms with Gasteiger partial charge in [-0.05, 0) is 6.42 Å². The predicted octanol–water partition coefficient (Wildman–Crippen LogP) is 4.30.